The van der Waals surface area contributed by atoms with Crippen LogP contribution in [0.5, 0.6) is 28.7 Å². The summed E-state index contributed by atoms with van der Waals surface area (Å²) in [4.78, 5) is 15.8. The van der Waals surface area contributed by atoms with Gasteiger partial charge in [0.05, 0.1) is 28.4 Å². The normalized spacial score (nSPS) is 16.1. The number of hydrogen-bond donors (Lipinski definition) is 2. The number of esters is 1. The molecule has 1 unspecified atom stereocenters. The second kappa shape index (κ2) is 25.4. The molecule has 48 heavy (non-hydrogen) atoms. The summed E-state index contributed by atoms with van der Waals surface area (Å²) < 4.78 is 34.3. The lowest BCUT2D eigenvalue weighted by Crippen LogP contribution is -3.26. The Hall–Kier alpha value is -2.59. The molecular weight excluding hydrogens is 655 g/mol. The van der Waals surface area contributed by atoms with E-state index >= 15 is 0 Å². The number of methoxy groups -OCH3 is 4. The Bertz CT molecular complexity index is 1120. The van der Waals surface area contributed by atoms with Gasteiger partial charge < -0.3 is 58.1 Å². The molecule has 11 heteroatoms. The molecule has 0 spiro atoms. The van der Waals surface area contributed by atoms with E-state index in [1.54, 1.807) is 40.6 Å². The zero-order valence-electron chi connectivity index (χ0n) is 29.9. The van der Waals surface area contributed by atoms with E-state index in [4.69, 9.17) is 28.4 Å². The number of nitrogens with one attached hydrogen (secondary N) is 2. The summed E-state index contributed by atoms with van der Waals surface area (Å²) in [5, 5.41) is 0. The predicted molar refractivity (Wildman–Crippen MR) is 181 cm³/mol. The third-order valence-electron chi connectivity index (χ3n) is 8.92. The molecule has 1 fully saturated rings. The van der Waals surface area contributed by atoms with E-state index in [-0.39, 0.29) is 43.5 Å². The van der Waals surface area contributed by atoms with E-state index < -0.39 is 0 Å². The van der Waals surface area contributed by atoms with Gasteiger partial charge in [0.1, 0.15) is 45.1 Å². The molecule has 3 rings (SSSR count). The zero-order valence-corrected chi connectivity index (χ0v) is 31.4. The van der Waals surface area contributed by atoms with Gasteiger partial charge in [-0.05, 0) is 12.5 Å². The summed E-state index contributed by atoms with van der Waals surface area (Å²) in [6.07, 6.45) is 13.8. The Balaban J connectivity index is 0.00000576. The zero-order chi connectivity index (χ0) is 33.0. The predicted octanol–water partition coefficient (Wildman–Crippen LogP) is -1.16. The number of carbonyl (C=O) groups is 1. The largest absolute Gasteiger partial charge is 1.00 e. The second-order valence-electron chi connectivity index (χ2n) is 12.3. The Morgan fingerprint density at radius 3 is 1.79 bits per heavy atom. The van der Waals surface area contributed by atoms with E-state index in [1.807, 2.05) is 12.1 Å². The number of unbranched alkanes of at least 4 members (excludes halogenated alkanes) is 10. The average molecular weight is 716 g/mol. The molecule has 1 aliphatic heterocycles. The summed E-state index contributed by atoms with van der Waals surface area (Å²) >= 11 is 0. The van der Waals surface area contributed by atoms with Crippen LogP contribution in [0.4, 0.5) is 5.69 Å². The molecule has 1 aliphatic rings. The van der Waals surface area contributed by atoms with Crippen LogP contribution in [0.2, 0.25) is 0 Å². The van der Waals surface area contributed by atoms with Crippen molar-refractivity contribution in [2.24, 2.45) is 0 Å². The van der Waals surface area contributed by atoms with Crippen LogP contribution in [0.1, 0.15) is 84.0 Å². The van der Waals surface area contributed by atoms with Crippen molar-refractivity contribution in [3.63, 3.8) is 0 Å². The molecular formula is C37H60Cl2N2O7. The van der Waals surface area contributed by atoms with Gasteiger partial charge in [0.25, 0.3) is 0 Å². The van der Waals surface area contributed by atoms with E-state index in [1.165, 1.54) is 73.3 Å². The van der Waals surface area contributed by atoms with Crippen molar-refractivity contribution in [3.05, 3.63) is 36.4 Å². The Kier molecular flexibility index (Phi) is 23.0. The molecule has 2 aromatic rings. The van der Waals surface area contributed by atoms with Gasteiger partial charge in [-0.25, -0.2) is 0 Å². The number of ether oxygens (including phenoxy) is 6. The SMILES string of the molecule is CCCCCCCCCCCCCC(=O)OC(COc1cc(OC)c(OC)c(OC)c1)C[NH+]1CC[NH+](c2ccccc2OC)CC1.[Cl-].[Cl-]. The molecule has 0 bridgehead atoms. The second-order valence-corrected chi connectivity index (χ2v) is 12.3. The van der Waals surface area contributed by atoms with Gasteiger partial charge >= 0.3 is 5.97 Å². The molecule has 1 atom stereocenters. The fourth-order valence-corrected chi connectivity index (χ4v) is 6.28. The average Bonchev–Trinajstić information content (AvgIpc) is 3.09. The summed E-state index contributed by atoms with van der Waals surface area (Å²) in [7, 11) is 6.46. The molecule has 0 saturated carbocycles. The Morgan fingerprint density at radius 1 is 0.708 bits per heavy atom. The standard InChI is InChI=1S/C37H58N2O7.2ClH/c1-6-7-8-9-10-11-12-13-14-15-16-21-36(40)46-31(29-45-30-26-34(42-3)37(44-5)35(27-30)43-4)28-38-22-24-39(25-23-38)32-19-17-18-20-33(32)41-2;;/h17-20,26-27,31H,6-16,21-25,28-29H2,1-5H3;2*1H. The summed E-state index contributed by atoms with van der Waals surface area (Å²) in [5.41, 5.74) is 1.20. The molecule has 1 heterocycles. The summed E-state index contributed by atoms with van der Waals surface area (Å²) in [5.74, 6) is 2.89. The molecule has 0 amide bonds. The highest BCUT2D eigenvalue weighted by molar-refractivity contribution is 5.69. The number of rotatable bonds is 23. The van der Waals surface area contributed by atoms with Crippen LogP contribution < -0.4 is 58.3 Å². The fraction of sp³-hybridized carbons (Fsp3) is 0.649. The third-order valence-corrected chi connectivity index (χ3v) is 8.92. The first kappa shape index (κ1) is 43.4. The number of piperazine rings is 1. The smallest absolute Gasteiger partial charge is 0.306 e. The lowest BCUT2D eigenvalue weighted by atomic mass is 10.1. The van der Waals surface area contributed by atoms with Crippen LogP contribution in [-0.2, 0) is 9.53 Å². The highest BCUT2D eigenvalue weighted by Crippen LogP contribution is 2.40. The number of carbonyl (C=O) groups excluding carboxylic acids is 1. The number of quaternary nitrogens is 2. The van der Waals surface area contributed by atoms with Crippen LogP contribution >= 0.6 is 0 Å². The minimum atomic E-state index is -0.373. The minimum Gasteiger partial charge on any atom is -1.00 e. The maximum atomic E-state index is 13.0. The lowest BCUT2D eigenvalue weighted by Gasteiger charge is -2.31. The molecule has 0 radical (unpaired) electrons. The van der Waals surface area contributed by atoms with Gasteiger partial charge in [-0.15, -0.1) is 0 Å². The van der Waals surface area contributed by atoms with E-state index in [9.17, 15) is 4.79 Å². The third kappa shape index (κ3) is 14.9. The molecule has 0 aromatic heterocycles. The quantitative estimate of drug-likeness (QED) is 0.111. The summed E-state index contributed by atoms with van der Waals surface area (Å²) in [6, 6.07) is 11.8. The van der Waals surface area contributed by atoms with Crippen LogP contribution in [0.25, 0.3) is 0 Å². The number of hydrogen-bond acceptors (Lipinski definition) is 7. The minimum absolute atomic E-state index is 0. The van der Waals surface area contributed by atoms with Crippen LogP contribution in [-0.4, -0.2) is 79.8 Å². The topological polar surface area (TPSA) is 81.3 Å². The number of halogens is 2. The lowest BCUT2D eigenvalue weighted by molar-refractivity contribution is -0.987. The van der Waals surface area contributed by atoms with E-state index in [2.05, 4.69) is 19.1 Å². The van der Waals surface area contributed by atoms with Crippen molar-refractivity contribution < 1.29 is 67.8 Å². The van der Waals surface area contributed by atoms with Crippen molar-refractivity contribution in [1.29, 1.82) is 0 Å². The van der Waals surface area contributed by atoms with E-state index in [0.29, 0.717) is 36.0 Å². The molecule has 0 aliphatic carbocycles. The van der Waals surface area contributed by atoms with Gasteiger partial charge in [-0.1, -0.05) is 83.3 Å². The highest BCUT2D eigenvalue weighted by Gasteiger charge is 2.30. The number of para-hydroxylation sites is 2. The van der Waals surface area contributed by atoms with Crippen molar-refractivity contribution in [3.8, 4) is 28.7 Å². The Morgan fingerprint density at radius 2 is 1.25 bits per heavy atom. The van der Waals surface area contributed by atoms with Crippen LogP contribution in [0.15, 0.2) is 36.4 Å². The maximum absolute atomic E-state index is 13.0. The molecule has 274 valence electrons. The van der Waals surface area contributed by atoms with Gasteiger partial charge in [0.2, 0.25) is 5.75 Å². The summed E-state index contributed by atoms with van der Waals surface area (Å²) in [6.45, 7) is 7.07. The highest BCUT2D eigenvalue weighted by atomic mass is 35.5. The van der Waals surface area contributed by atoms with Gasteiger partial charge in [0, 0.05) is 24.6 Å². The number of benzene rings is 2. The molecule has 2 N–H and O–H groups in total. The maximum Gasteiger partial charge on any atom is 0.306 e. The van der Waals surface area contributed by atoms with Crippen LogP contribution in [0, 0.1) is 0 Å². The molecule has 9 nitrogen and oxygen atoms in total. The van der Waals surface area contributed by atoms with Crippen molar-refractivity contribution >= 4 is 11.7 Å². The van der Waals surface area contributed by atoms with Crippen molar-refractivity contribution in [2.75, 3.05) is 67.8 Å². The first-order valence-electron chi connectivity index (χ1n) is 17.5. The first-order chi connectivity index (χ1) is 22.5. The molecule has 1 saturated heterocycles. The van der Waals surface area contributed by atoms with Gasteiger partial charge in [-0.3, -0.25) is 9.69 Å². The van der Waals surface area contributed by atoms with Gasteiger partial charge in [0.15, 0.2) is 29.0 Å². The van der Waals surface area contributed by atoms with Gasteiger partial charge in [-0.2, -0.15) is 0 Å². The first-order valence-corrected chi connectivity index (χ1v) is 17.5. The van der Waals surface area contributed by atoms with Crippen molar-refractivity contribution in [2.45, 2.75) is 90.1 Å². The Labute approximate surface area is 301 Å². The fourth-order valence-electron chi connectivity index (χ4n) is 6.28. The van der Waals surface area contributed by atoms with E-state index in [0.717, 1.165) is 44.8 Å². The van der Waals surface area contributed by atoms with Crippen LogP contribution in [0.3, 0.4) is 0 Å². The van der Waals surface area contributed by atoms with Crippen molar-refractivity contribution in [1.82, 2.24) is 0 Å². The monoisotopic (exact) mass is 714 g/mol. The molecule has 2 aromatic carbocycles.